The molecule has 1 saturated heterocycles. The number of nitrogens with zero attached hydrogens (tertiary/aromatic N) is 1. The van der Waals surface area contributed by atoms with E-state index in [1.807, 2.05) is 0 Å². The summed E-state index contributed by atoms with van der Waals surface area (Å²) < 4.78 is 0. The molecule has 3 unspecified atom stereocenters. The molecule has 0 aromatic rings. The standard InChI is InChI=1S/C15H30N2O/c1-6-9-10-14-15(18)17(12(5)16-14)11(4)13(7-2)8-3/h11-14,16H,6-10H2,1-5H3. The van der Waals surface area contributed by atoms with E-state index in [1.54, 1.807) is 0 Å². The van der Waals surface area contributed by atoms with E-state index in [0.717, 1.165) is 32.1 Å². The average Bonchev–Trinajstić information content (AvgIpc) is 2.63. The summed E-state index contributed by atoms with van der Waals surface area (Å²) in [5.41, 5.74) is 0. The van der Waals surface area contributed by atoms with Gasteiger partial charge >= 0.3 is 0 Å². The van der Waals surface area contributed by atoms with Crippen LogP contribution in [0.25, 0.3) is 0 Å². The SMILES string of the molecule is CCCCC1NC(C)N(C(C)C(CC)CC)C1=O. The molecule has 1 rings (SSSR count). The maximum Gasteiger partial charge on any atom is 0.241 e. The highest BCUT2D eigenvalue weighted by atomic mass is 16.2. The number of rotatable bonds is 7. The monoisotopic (exact) mass is 254 g/mol. The highest BCUT2D eigenvalue weighted by molar-refractivity contribution is 5.84. The second-order valence-electron chi connectivity index (χ2n) is 5.60. The topological polar surface area (TPSA) is 32.3 Å². The van der Waals surface area contributed by atoms with Crippen LogP contribution in [0.5, 0.6) is 0 Å². The minimum absolute atomic E-state index is 0.0526. The number of carbonyl (C=O) groups excluding carboxylic acids is 1. The number of amides is 1. The molecule has 0 aromatic carbocycles. The molecule has 1 N–H and O–H groups in total. The molecule has 1 heterocycles. The third-order valence-corrected chi connectivity index (χ3v) is 4.43. The Morgan fingerprint density at radius 2 is 1.89 bits per heavy atom. The fourth-order valence-corrected chi connectivity index (χ4v) is 3.18. The summed E-state index contributed by atoms with van der Waals surface area (Å²) in [7, 11) is 0. The zero-order valence-electron chi connectivity index (χ0n) is 12.7. The lowest BCUT2D eigenvalue weighted by Crippen LogP contribution is -2.45. The number of hydrogen-bond acceptors (Lipinski definition) is 2. The minimum atomic E-state index is 0.0526. The Labute approximate surface area is 112 Å². The molecule has 1 aliphatic heterocycles. The summed E-state index contributed by atoms with van der Waals surface area (Å²) >= 11 is 0. The van der Waals surface area contributed by atoms with Gasteiger partial charge in [0.2, 0.25) is 5.91 Å². The van der Waals surface area contributed by atoms with Gasteiger partial charge in [-0.1, -0.05) is 46.5 Å². The zero-order valence-corrected chi connectivity index (χ0v) is 12.7. The van der Waals surface area contributed by atoms with Gasteiger partial charge in [-0.2, -0.15) is 0 Å². The Balaban J connectivity index is 2.68. The predicted molar refractivity (Wildman–Crippen MR) is 76.3 cm³/mol. The fourth-order valence-electron chi connectivity index (χ4n) is 3.18. The van der Waals surface area contributed by atoms with Gasteiger partial charge in [0.15, 0.2) is 0 Å². The van der Waals surface area contributed by atoms with E-state index in [4.69, 9.17) is 0 Å². The van der Waals surface area contributed by atoms with Crippen molar-refractivity contribution in [2.45, 2.75) is 85.0 Å². The van der Waals surface area contributed by atoms with Gasteiger partial charge in [-0.3, -0.25) is 10.1 Å². The maximum absolute atomic E-state index is 12.5. The van der Waals surface area contributed by atoms with E-state index in [2.05, 4.69) is 44.8 Å². The Morgan fingerprint density at radius 1 is 1.28 bits per heavy atom. The lowest BCUT2D eigenvalue weighted by molar-refractivity contribution is -0.133. The minimum Gasteiger partial charge on any atom is -0.323 e. The van der Waals surface area contributed by atoms with Crippen molar-refractivity contribution in [1.29, 1.82) is 0 Å². The first kappa shape index (κ1) is 15.5. The Hall–Kier alpha value is -0.570. The number of nitrogens with one attached hydrogen (secondary N) is 1. The van der Waals surface area contributed by atoms with Crippen molar-refractivity contribution in [2.75, 3.05) is 0 Å². The van der Waals surface area contributed by atoms with Crippen LogP contribution in [0.1, 0.15) is 66.7 Å². The quantitative estimate of drug-likeness (QED) is 0.757. The van der Waals surface area contributed by atoms with Gasteiger partial charge in [0.1, 0.15) is 0 Å². The smallest absolute Gasteiger partial charge is 0.241 e. The summed E-state index contributed by atoms with van der Waals surface area (Å²) in [4.78, 5) is 14.5. The highest BCUT2D eigenvalue weighted by Gasteiger charge is 2.39. The molecule has 0 spiro atoms. The van der Waals surface area contributed by atoms with Crippen LogP contribution in [0.4, 0.5) is 0 Å². The average molecular weight is 254 g/mol. The molecular formula is C15H30N2O. The molecule has 0 aliphatic carbocycles. The second kappa shape index (κ2) is 7.13. The van der Waals surface area contributed by atoms with Crippen molar-refractivity contribution in [3.05, 3.63) is 0 Å². The number of unbranched alkanes of at least 4 members (excludes halogenated alkanes) is 1. The normalized spacial score (nSPS) is 26.1. The molecule has 3 nitrogen and oxygen atoms in total. The van der Waals surface area contributed by atoms with Gasteiger partial charge in [-0.05, 0) is 26.2 Å². The molecule has 0 radical (unpaired) electrons. The van der Waals surface area contributed by atoms with E-state index in [0.29, 0.717) is 17.9 Å². The van der Waals surface area contributed by atoms with Crippen LogP contribution < -0.4 is 5.32 Å². The summed E-state index contributed by atoms with van der Waals surface area (Å²) in [5.74, 6) is 0.929. The molecule has 3 atom stereocenters. The van der Waals surface area contributed by atoms with Crippen LogP contribution >= 0.6 is 0 Å². The molecule has 0 saturated carbocycles. The van der Waals surface area contributed by atoms with E-state index in [9.17, 15) is 4.79 Å². The van der Waals surface area contributed by atoms with E-state index in [1.165, 1.54) is 0 Å². The Bertz CT molecular complexity index is 263. The Morgan fingerprint density at radius 3 is 2.39 bits per heavy atom. The van der Waals surface area contributed by atoms with Crippen LogP contribution in [0.15, 0.2) is 0 Å². The van der Waals surface area contributed by atoms with E-state index < -0.39 is 0 Å². The van der Waals surface area contributed by atoms with Crippen LogP contribution in [-0.4, -0.2) is 29.1 Å². The molecule has 1 amide bonds. The lowest BCUT2D eigenvalue weighted by Gasteiger charge is -2.33. The summed E-state index contributed by atoms with van der Waals surface area (Å²) in [6.45, 7) is 10.9. The first-order valence-corrected chi connectivity index (χ1v) is 7.64. The first-order chi connectivity index (χ1) is 8.56. The summed E-state index contributed by atoms with van der Waals surface area (Å²) in [6, 6.07) is 0.401. The third-order valence-electron chi connectivity index (χ3n) is 4.43. The zero-order chi connectivity index (χ0) is 13.7. The summed E-state index contributed by atoms with van der Waals surface area (Å²) in [5, 5.41) is 3.45. The highest BCUT2D eigenvalue weighted by Crippen LogP contribution is 2.25. The van der Waals surface area contributed by atoms with Gasteiger partial charge in [0.25, 0.3) is 0 Å². The van der Waals surface area contributed by atoms with Crippen molar-refractivity contribution in [1.82, 2.24) is 10.2 Å². The van der Waals surface area contributed by atoms with Crippen LogP contribution in [0, 0.1) is 5.92 Å². The van der Waals surface area contributed by atoms with Crippen molar-refractivity contribution < 1.29 is 4.79 Å². The maximum atomic E-state index is 12.5. The van der Waals surface area contributed by atoms with Gasteiger partial charge in [0.05, 0.1) is 12.2 Å². The largest absolute Gasteiger partial charge is 0.323 e. The molecule has 1 fully saturated rings. The lowest BCUT2D eigenvalue weighted by atomic mass is 9.94. The number of carbonyl (C=O) groups is 1. The van der Waals surface area contributed by atoms with Crippen molar-refractivity contribution >= 4 is 5.91 Å². The molecule has 1 aliphatic rings. The van der Waals surface area contributed by atoms with Gasteiger partial charge < -0.3 is 4.90 Å². The molecule has 18 heavy (non-hydrogen) atoms. The fraction of sp³-hybridized carbons (Fsp3) is 0.933. The Kier molecular flexibility index (Phi) is 6.13. The van der Waals surface area contributed by atoms with Crippen LogP contribution in [0.2, 0.25) is 0 Å². The molecule has 0 bridgehead atoms. The van der Waals surface area contributed by atoms with Gasteiger partial charge in [-0.15, -0.1) is 0 Å². The predicted octanol–water partition coefficient (Wildman–Crippen LogP) is 3.15. The second-order valence-corrected chi connectivity index (χ2v) is 5.60. The van der Waals surface area contributed by atoms with E-state index >= 15 is 0 Å². The van der Waals surface area contributed by atoms with Crippen molar-refractivity contribution in [3.8, 4) is 0 Å². The molecule has 3 heteroatoms. The van der Waals surface area contributed by atoms with Crippen LogP contribution in [-0.2, 0) is 4.79 Å². The third kappa shape index (κ3) is 3.25. The molecule has 0 aromatic heterocycles. The van der Waals surface area contributed by atoms with Crippen LogP contribution in [0.3, 0.4) is 0 Å². The van der Waals surface area contributed by atoms with Gasteiger partial charge in [0, 0.05) is 6.04 Å². The van der Waals surface area contributed by atoms with Gasteiger partial charge in [-0.25, -0.2) is 0 Å². The molecule has 106 valence electrons. The number of hydrogen-bond donors (Lipinski definition) is 1. The summed E-state index contributed by atoms with van der Waals surface area (Å²) in [6.07, 6.45) is 5.74. The molecular weight excluding hydrogens is 224 g/mol. The first-order valence-electron chi connectivity index (χ1n) is 7.64. The van der Waals surface area contributed by atoms with E-state index in [-0.39, 0.29) is 12.2 Å². The van der Waals surface area contributed by atoms with Crippen molar-refractivity contribution in [3.63, 3.8) is 0 Å². The van der Waals surface area contributed by atoms with Crippen molar-refractivity contribution in [2.24, 2.45) is 5.92 Å².